The molecule has 0 unspecified atom stereocenters. The predicted molar refractivity (Wildman–Crippen MR) is 52.4 cm³/mol. The number of carbonyl (C=O) groups excluding carboxylic acids is 1. The second kappa shape index (κ2) is 5.94. The highest BCUT2D eigenvalue weighted by atomic mass is 16.3. The van der Waals surface area contributed by atoms with Crippen molar-refractivity contribution < 1.29 is 9.90 Å². The highest BCUT2D eigenvalue weighted by molar-refractivity contribution is 5.77. The van der Waals surface area contributed by atoms with Crippen LogP contribution >= 0.6 is 0 Å². The molecule has 0 aliphatic heterocycles. The van der Waals surface area contributed by atoms with Crippen molar-refractivity contribution in [3.63, 3.8) is 0 Å². The highest BCUT2D eigenvalue weighted by Crippen LogP contribution is 1.91. The van der Waals surface area contributed by atoms with Crippen LogP contribution in [0, 0.1) is 5.92 Å². The molecule has 0 bridgehead atoms. The Morgan fingerprint density at radius 1 is 1.46 bits per heavy atom. The van der Waals surface area contributed by atoms with E-state index in [9.17, 15) is 9.90 Å². The summed E-state index contributed by atoms with van der Waals surface area (Å²) in [5.41, 5.74) is 0. The van der Waals surface area contributed by atoms with Gasteiger partial charge in [0.25, 0.3) is 0 Å². The maximum absolute atomic E-state index is 11.1. The molecule has 1 atom stereocenters. The van der Waals surface area contributed by atoms with E-state index in [2.05, 4.69) is 5.32 Å². The summed E-state index contributed by atoms with van der Waals surface area (Å²) in [5.74, 6) is -0.0376. The lowest BCUT2D eigenvalue weighted by molar-refractivity contribution is -0.124. The first kappa shape index (κ1) is 12.4. The van der Waals surface area contributed by atoms with Crippen molar-refractivity contribution in [1.29, 1.82) is 0 Å². The smallest absolute Gasteiger partial charge is 0.222 e. The average molecular weight is 188 g/mol. The van der Waals surface area contributed by atoms with Gasteiger partial charge in [-0.25, -0.2) is 0 Å². The maximum Gasteiger partial charge on any atom is 0.222 e. The maximum atomic E-state index is 11.1. The molecule has 0 saturated heterocycles. The first-order valence-electron chi connectivity index (χ1n) is 4.54. The molecule has 0 rings (SSSR count). The Morgan fingerprint density at radius 2 is 2.00 bits per heavy atom. The molecule has 4 nitrogen and oxygen atoms in total. The van der Waals surface area contributed by atoms with Crippen molar-refractivity contribution in [1.82, 2.24) is 10.2 Å². The summed E-state index contributed by atoms with van der Waals surface area (Å²) in [6, 6.07) is 0. The van der Waals surface area contributed by atoms with E-state index in [0.29, 0.717) is 13.1 Å². The van der Waals surface area contributed by atoms with Crippen molar-refractivity contribution in [2.24, 2.45) is 5.92 Å². The van der Waals surface area contributed by atoms with Crippen molar-refractivity contribution in [2.45, 2.75) is 20.0 Å². The van der Waals surface area contributed by atoms with Gasteiger partial charge in [-0.3, -0.25) is 4.79 Å². The Kier molecular flexibility index (Phi) is 5.66. The molecule has 2 N–H and O–H groups in total. The molecule has 0 fully saturated rings. The van der Waals surface area contributed by atoms with Crippen LogP contribution in [0.15, 0.2) is 0 Å². The van der Waals surface area contributed by atoms with Crippen LogP contribution in [-0.2, 0) is 4.79 Å². The Balaban J connectivity index is 3.58. The molecule has 13 heavy (non-hydrogen) atoms. The zero-order valence-electron chi connectivity index (χ0n) is 8.87. The van der Waals surface area contributed by atoms with Crippen LogP contribution in [0.1, 0.15) is 13.8 Å². The number of amides is 1. The topological polar surface area (TPSA) is 52.6 Å². The van der Waals surface area contributed by atoms with Crippen LogP contribution in [0.4, 0.5) is 0 Å². The summed E-state index contributed by atoms with van der Waals surface area (Å²) >= 11 is 0. The SMILES string of the molecule is CC(C)C(=O)NC[C@@H](O)CN(C)C. The van der Waals surface area contributed by atoms with Crippen molar-refractivity contribution in [3.8, 4) is 0 Å². The molecule has 4 heteroatoms. The van der Waals surface area contributed by atoms with E-state index in [1.807, 2.05) is 32.8 Å². The summed E-state index contributed by atoms with van der Waals surface area (Å²) < 4.78 is 0. The molecule has 0 aromatic carbocycles. The van der Waals surface area contributed by atoms with Gasteiger partial charge in [0.05, 0.1) is 6.10 Å². The van der Waals surface area contributed by atoms with Gasteiger partial charge in [-0.2, -0.15) is 0 Å². The predicted octanol–water partition coefficient (Wildman–Crippen LogP) is -0.319. The van der Waals surface area contributed by atoms with E-state index in [-0.39, 0.29) is 11.8 Å². The van der Waals surface area contributed by atoms with E-state index >= 15 is 0 Å². The monoisotopic (exact) mass is 188 g/mol. The number of nitrogens with zero attached hydrogens (tertiary/aromatic N) is 1. The highest BCUT2D eigenvalue weighted by Gasteiger charge is 2.09. The van der Waals surface area contributed by atoms with Crippen LogP contribution in [0.25, 0.3) is 0 Å². The zero-order chi connectivity index (χ0) is 10.4. The molecule has 0 heterocycles. The van der Waals surface area contributed by atoms with Crippen molar-refractivity contribution in [2.75, 3.05) is 27.2 Å². The molecule has 0 spiro atoms. The molecule has 1 amide bonds. The molecule has 78 valence electrons. The molecular formula is C9H20N2O2. The van der Waals surface area contributed by atoms with Gasteiger partial charge in [-0.05, 0) is 14.1 Å². The second-order valence-electron chi connectivity index (χ2n) is 3.82. The largest absolute Gasteiger partial charge is 0.390 e. The number of aliphatic hydroxyl groups excluding tert-OH is 1. The summed E-state index contributed by atoms with van der Waals surface area (Å²) in [7, 11) is 3.76. The summed E-state index contributed by atoms with van der Waals surface area (Å²) in [6.45, 7) is 4.55. The average Bonchev–Trinajstić information content (AvgIpc) is 1.98. The minimum absolute atomic E-state index is 0.0159. The number of likely N-dealkylation sites (N-methyl/N-ethyl adjacent to an activating group) is 1. The number of nitrogens with one attached hydrogen (secondary N) is 1. The van der Waals surface area contributed by atoms with Gasteiger partial charge in [0.15, 0.2) is 0 Å². The molecule has 0 aliphatic rings. The molecule has 0 radical (unpaired) electrons. The molecule has 0 aliphatic carbocycles. The minimum Gasteiger partial charge on any atom is -0.390 e. The van der Waals surface area contributed by atoms with Crippen LogP contribution in [-0.4, -0.2) is 49.2 Å². The van der Waals surface area contributed by atoms with E-state index in [0.717, 1.165) is 0 Å². The van der Waals surface area contributed by atoms with Crippen molar-refractivity contribution in [3.05, 3.63) is 0 Å². The fourth-order valence-electron chi connectivity index (χ4n) is 0.909. The van der Waals surface area contributed by atoms with Gasteiger partial charge in [0, 0.05) is 19.0 Å². The molecular weight excluding hydrogens is 168 g/mol. The molecule has 0 saturated carbocycles. The Morgan fingerprint density at radius 3 is 2.38 bits per heavy atom. The van der Waals surface area contributed by atoms with Crippen LogP contribution in [0.3, 0.4) is 0 Å². The quantitative estimate of drug-likeness (QED) is 0.622. The van der Waals surface area contributed by atoms with E-state index < -0.39 is 6.10 Å². The number of hydrogen-bond acceptors (Lipinski definition) is 3. The third-order valence-corrected chi connectivity index (χ3v) is 1.61. The van der Waals surface area contributed by atoms with Gasteiger partial charge in [0.2, 0.25) is 5.91 Å². The van der Waals surface area contributed by atoms with Crippen LogP contribution in [0.2, 0.25) is 0 Å². The second-order valence-corrected chi connectivity index (χ2v) is 3.82. The Labute approximate surface area is 79.9 Å². The fourth-order valence-corrected chi connectivity index (χ4v) is 0.909. The first-order valence-corrected chi connectivity index (χ1v) is 4.54. The lowest BCUT2D eigenvalue weighted by Crippen LogP contribution is -2.39. The van der Waals surface area contributed by atoms with Crippen molar-refractivity contribution >= 4 is 5.91 Å². The van der Waals surface area contributed by atoms with Gasteiger partial charge >= 0.3 is 0 Å². The third-order valence-electron chi connectivity index (χ3n) is 1.61. The summed E-state index contributed by atoms with van der Waals surface area (Å²) in [5, 5.41) is 12.1. The van der Waals surface area contributed by atoms with Gasteiger partial charge < -0.3 is 15.3 Å². The van der Waals surface area contributed by atoms with E-state index in [4.69, 9.17) is 0 Å². The number of aliphatic hydroxyl groups is 1. The third kappa shape index (κ3) is 6.54. The molecule has 0 aromatic heterocycles. The lowest BCUT2D eigenvalue weighted by atomic mass is 10.2. The fraction of sp³-hybridized carbons (Fsp3) is 0.889. The molecule has 0 aromatic rings. The van der Waals surface area contributed by atoms with Gasteiger partial charge in [-0.1, -0.05) is 13.8 Å². The minimum atomic E-state index is -0.488. The number of rotatable bonds is 5. The van der Waals surface area contributed by atoms with Crippen LogP contribution < -0.4 is 5.32 Å². The van der Waals surface area contributed by atoms with Crippen LogP contribution in [0.5, 0.6) is 0 Å². The Hall–Kier alpha value is -0.610. The number of carbonyl (C=O) groups is 1. The van der Waals surface area contributed by atoms with E-state index in [1.165, 1.54) is 0 Å². The number of hydrogen-bond donors (Lipinski definition) is 2. The lowest BCUT2D eigenvalue weighted by Gasteiger charge is -2.16. The van der Waals surface area contributed by atoms with E-state index in [1.54, 1.807) is 0 Å². The van der Waals surface area contributed by atoms with Gasteiger partial charge in [0.1, 0.15) is 0 Å². The van der Waals surface area contributed by atoms with Gasteiger partial charge in [-0.15, -0.1) is 0 Å². The summed E-state index contributed by atoms with van der Waals surface area (Å²) in [4.78, 5) is 13.0. The Bertz CT molecular complexity index is 158. The standard InChI is InChI=1S/C9H20N2O2/c1-7(2)9(13)10-5-8(12)6-11(3)4/h7-8,12H,5-6H2,1-4H3,(H,10,13)/t8-/m1/s1. The first-order chi connectivity index (χ1) is 5.93. The normalized spacial score (nSPS) is 13.5. The zero-order valence-corrected chi connectivity index (χ0v) is 8.87. The summed E-state index contributed by atoms with van der Waals surface area (Å²) in [6.07, 6.45) is -0.488.